The number of nitrogens with zero attached hydrogens (tertiary/aromatic N) is 3. The van der Waals surface area contributed by atoms with Crippen molar-refractivity contribution in [1.29, 1.82) is 0 Å². The van der Waals surface area contributed by atoms with Gasteiger partial charge in [0.15, 0.2) is 0 Å². The summed E-state index contributed by atoms with van der Waals surface area (Å²) in [5, 5.41) is 16.2. The number of H-pyrrole nitrogens is 1. The highest BCUT2D eigenvalue weighted by Crippen LogP contribution is 2.32. The number of aryl methyl sites for hydroxylation is 2. The summed E-state index contributed by atoms with van der Waals surface area (Å²) >= 11 is 0. The number of aliphatic imine (C=N–C) groups is 1. The molecular formula is C17H19FN4O2. The van der Waals surface area contributed by atoms with E-state index in [9.17, 15) is 14.3 Å². The van der Waals surface area contributed by atoms with Crippen molar-refractivity contribution >= 4 is 11.8 Å². The summed E-state index contributed by atoms with van der Waals surface area (Å²) in [4.78, 5) is 18.0. The van der Waals surface area contributed by atoms with Gasteiger partial charge in [0.2, 0.25) is 0 Å². The van der Waals surface area contributed by atoms with E-state index in [1.165, 1.54) is 6.07 Å². The average Bonchev–Trinajstić information content (AvgIpc) is 3.12. The molecule has 7 heteroatoms. The second-order valence-electron chi connectivity index (χ2n) is 5.86. The molecule has 3 rings (SSSR count). The number of hydrogen-bond acceptors (Lipinski definition) is 4. The zero-order valence-corrected chi connectivity index (χ0v) is 13.9. The summed E-state index contributed by atoms with van der Waals surface area (Å²) in [7, 11) is 1.89. The zero-order chi connectivity index (χ0) is 17.4. The van der Waals surface area contributed by atoms with Gasteiger partial charge in [-0.25, -0.2) is 9.18 Å². The normalized spacial score (nSPS) is 14.2. The van der Waals surface area contributed by atoms with Gasteiger partial charge in [0.25, 0.3) is 0 Å². The predicted octanol–water partition coefficient (Wildman–Crippen LogP) is 2.48. The molecule has 2 aromatic rings. The molecular weight excluding hydrogens is 311 g/mol. The molecule has 0 bridgehead atoms. The molecule has 2 heterocycles. The number of carboxylic acid groups (broad SMARTS) is 1. The van der Waals surface area contributed by atoms with Gasteiger partial charge in [-0.05, 0) is 31.0 Å². The molecule has 6 nitrogen and oxygen atoms in total. The van der Waals surface area contributed by atoms with Crippen LogP contribution in [0.5, 0.6) is 0 Å². The van der Waals surface area contributed by atoms with Crippen LogP contribution >= 0.6 is 0 Å². The number of amidine groups is 1. The van der Waals surface area contributed by atoms with Crippen molar-refractivity contribution < 1.29 is 14.3 Å². The van der Waals surface area contributed by atoms with E-state index in [1.807, 2.05) is 24.9 Å². The number of benzene rings is 1. The fourth-order valence-electron chi connectivity index (χ4n) is 2.98. The second-order valence-corrected chi connectivity index (χ2v) is 5.86. The van der Waals surface area contributed by atoms with Crippen LogP contribution in [0, 0.1) is 12.7 Å². The van der Waals surface area contributed by atoms with Crippen LogP contribution in [0.15, 0.2) is 17.1 Å². The van der Waals surface area contributed by atoms with E-state index in [-0.39, 0.29) is 16.8 Å². The van der Waals surface area contributed by atoms with Gasteiger partial charge in [0.05, 0.1) is 6.54 Å². The van der Waals surface area contributed by atoms with Gasteiger partial charge in [-0.15, -0.1) is 0 Å². The van der Waals surface area contributed by atoms with E-state index >= 15 is 0 Å². The molecule has 1 aliphatic rings. The number of aromatic carboxylic acids is 1. The summed E-state index contributed by atoms with van der Waals surface area (Å²) in [5.74, 6) is -0.958. The molecule has 0 aliphatic carbocycles. The molecule has 24 heavy (non-hydrogen) atoms. The number of hydrogen-bond donors (Lipinski definition) is 2. The van der Waals surface area contributed by atoms with Crippen molar-refractivity contribution in [2.45, 2.75) is 20.3 Å². The lowest BCUT2D eigenvalue weighted by Crippen LogP contribution is -2.24. The van der Waals surface area contributed by atoms with E-state index in [1.54, 1.807) is 6.92 Å². The van der Waals surface area contributed by atoms with Crippen LogP contribution in [0.1, 0.15) is 34.1 Å². The van der Waals surface area contributed by atoms with E-state index < -0.39 is 11.8 Å². The lowest BCUT2D eigenvalue weighted by Gasteiger charge is -2.18. The fourth-order valence-corrected chi connectivity index (χ4v) is 2.98. The summed E-state index contributed by atoms with van der Waals surface area (Å²) in [6.45, 7) is 4.93. The first-order valence-corrected chi connectivity index (χ1v) is 7.81. The molecule has 0 spiro atoms. The van der Waals surface area contributed by atoms with Crippen molar-refractivity contribution in [2.75, 3.05) is 20.1 Å². The minimum absolute atomic E-state index is 0.0133. The van der Waals surface area contributed by atoms with Gasteiger partial charge in [-0.2, -0.15) is 5.10 Å². The lowest BCUT2D eigenvalue weighted by atomic mass is 9.95. The van der Waals surface area contributed by atoms with Gasteiger partial charge in [0.1, 0.15) is 22.9 Å². The monoisotopic (exact) mass is 330 g/mol. The number of aromatic nitrogens is 2. The molecule has 0 saturated heterocycles. The van der Waals surface area contributed by atoms with Crippen molar-refractivity contribution in [2.24, 2.45) is 4.99 Å². The Hall–Kier alpha value is -2.70. The van der Waals surface area contributed by atoms with Crippen LogP contribution in [0.25, 0.3) is 11.3 Å². The van der Waals surface area contributed by atoms with Crippen LogP contribution in [-0.4, -0.2) is 52.1 Å². The quantitative estimate of drug-likeness (QED) is 0.902. The van der Waals surface area contributed by atoms with Gasteiger partial charge in [0, 0.05) is 30.4 Å². The number of carbonyl (C=O) groups is 1. The summed E-state index contributed by atoms with van der Waals surface area (Å²) in [6.07, 6.45) is 0.673. The van der Waals surface area contributed by atoms with Crippen LogP contribution in [0.2, 0.25) is 0 Å². The Bertz CT molecular complexity index is 841. The fraction of sp³-hybridized carbons (Fsp3) is 0.353. The van der Waals surface area contributed by atoms with Gasteiger partial charge >= 0.3 is 5.97 Å². The summed E-state index contributed by atoms with van der Waals surface area (Å²) in [6, 6.07) is 3.30. The van der Waals surface area contributed by atoms with Gasteiger partial charge < -0.3 is 10.0 Å². The number of aromatic amines is 1. The van der Waals surface area contributed by atoms with Crippen molar-refractivity contribution in [3.8, 4) is 11.3 Å². The predicted molar refractivity (Wildman–Crippen MR) is 89.1 cm³/mol. The molecule has 0 saturated carbocycles. The molecule has 0 unspecified atom stereocenters. The maximum absolute atomic E-state index is 14.9. The standard InChI is InChI=1S/C17H19FN4O2/c1-4-10-7-11(16-19-5-6-22(16)3)14(12(18)8-10)15-13(17(23)24)9(2)20-21-15/h7-8H,4-6H2,1-3H3,(H,20,21)(H,23,24). The van der Waals surface area contributed by atoms with Crippen molar-refractivity contribution in [1.82, 2.24) is 15.1 Å². The molecule has 0 fully saturated rings. The van der Waals surface area contributed by atoms with Crippen molar-refractivity contribution in [3.63, 3.8) is 0 Å². The summed E-state index contributed by atoms with van der Waals surface area (Å²) in [5.41, 5.74) is 2.09. The zero-order valence-electron chi connectivity index (χ0n) is 13.9. The Labute approximate surface area is 139 Å². The van der Waals surface area contributed by atoms with Crippen molar-refractivity contribution in [3.05, 3.63) is 40.3 Å². The van der Waals surface area contributed by atoms with E-state index in [0.29, 0.717) is 30.1 Å². The number of halogens is 1. The third-order valence-electron chi connectivity index (χ3n) is 4.26. The highest BCUT2D eigenvalue weighted by molar-refractivity contribution is 6.07. The maximum atomic E-state index is 14.9. The molecule has 1 aliphatic heterocycles. The van der Waals surface area contributed by atoms with E-state index in [4.69, 9.17) is 0 Å². The number of nitrogens with one attached hydrogen (secondary N) is 1. The van der Waals surface area contributed by atoms with E-state index in [2.05, 4.69) is 15.2 Å². The first-order chi connectivity index (χ1) is 11.4. The number of rotatable bonds is 4. The highest BCUT2D eigenvalue weighted by atomic mass is 19.1. The molecule has 1 aromatic carbocycles. The topological polar surface area (TPSA) is 81.6 Å². The third-order valence-corrected chi connectivity index (χ3v) is 4.26. The smallest absolute Gasteiger partial charge is 0.339 e. The Kier molecular flexibility index (Phi) is 4.09. The lowest BCUT2D eigenvalue weighted by molar-refractivity contribution is 0.0697. The number of carboxylic acids is 1. The molecule has 0 atom stereocenters. The average molecular weight is 330 g/mol. The Balaban J connectivity index is 2.30. The Morgan fingerprint density at radius 3 is 2.79 bits per heavy atom. The minimum atomic E-state index is -1.14. The molecule has 0 amide bonds. The molecule has 126 valence electrons. The minimum Gasteiger partial charge on any atom is -0.478 e. The highest BCUT2D eigenvalue weighted by Gasteiger charge is 2.27. The molecule has 1 aromatic heterocycles. The van der Waals surface area contributed by atoms with Crippen LogP contribution < -0.4 is 0 Å². The maximum Gasteiger partial charge on any atom is 0.339 e. The largest absolute Gasteiger partial charge is 0.478 e. The SMILES string of the molecule is CCc1cc(F)c(-c2n[nH]c(C)c2C(=O)O)c(C2=NCCN2C)c1. The van der Waals surface area contributed by atoms with E-state index in [0.717, 1.165) is 12.1 Å². The van der Waals surface area contributed by atoms with Crippen LogP contribution in [0.4, 0.5) is 4.39 Å². The molecule has 2 N–H and O–H groups in total. The molecule has 0 radical (unpaired) electrons. The number of likely N-dealkylation sites (N-methyl/N-ethyl adjacent to an activating group) is 1. The van der Waals surface area contributed by atoms with Gasteiger partial charge in [-0.3, -0.25) is 10.1 Å². The third kappa shape index (κ3) is 2.55. The Morgan fingerprint density at radius 1 is 1.46 bits per heavy atom. The first kappa shape index (κ1) is 16.2. The summed E-state index contributed by atoms with van der Waals surface area (Å²) < 4.78 is 14.9. The van der Waals surface area contributed by atoms with Gasteiger partial charge in [-0.1, -0.05) is 6.92 Å². The first-order valence-electron chi connectivity index (χ1n) is 7.81. The van der Waals surface area contributed by atoms with Crippen LogP contribution in [0.3, 0.4) is 0 Å². The van der Waals surface area contributed by atoms with Crippen LogP contribution in [-0.2, 0) is 6.42 Å². The second kappa shape index (κ2) is 6.07. The Morgan fingerprint density at radius 2 is 2.21 bits per heavy atom.